The number of anilines is 1. The van der Waals surface area contributed by atoms with Gasteiger partial charge < -0.3 is 4.90 Å². The molecule has 0 aliphatic rings. The van der Waals surface area contributed by atoms with Crippen LogP contribution in [0.2, 0.25) is 5.02 Å². The van der Waals surface area contributed by atoms with Crippen LogP contribution in [0.5, 0.6) is 0 Å². The van der Waals surface area contributed by atoms with Gasteiger partial charge in [0.1, 0.15) is 4.88 Å². The highest BCUT2D eigenvalue weighted by Crippen LogP contribution is 2.33. The molecule has 6 heteroatoms. The second-order valence-electron chi connectivity index (χ2n) is 5.76. The van der Waals surface area contributed by atoms with Gasteiger partial charge in [-0.2, -0.15) is 0 Å². The number of para-hydroxylation sites is 1. The molecule has 0 aliphatic carbocycles. The van der Waals surface area contributed by atoms with E-state index in [2.05, 4.69) is 20.9 Å². The number of halogens is 2. The molecule has 25 heavy (non-hydrogen) atoms. The van der Waals surface area contributed by atoms with E-state index in [-0.39, 0.29) is 5.91 Å². The molecule has 0 aliphatic heterocycles. The first-order valence-corrected chi connectivity index (χ1v) is 9.68. The Labute approximate surface area is 164 Å². The first-order chi connectivity index (χ1) is 12.0. The van der Waals surface area contributed by atoms with Gasteiger partial charge in [0.05, 0.1) is 23.5 Å². The largest absolute Gasteiger partial charge is 0.301 e. The number of aryl methyl sites for hydroxylation is 2. The van der Waals surface area contributed by atoms with Crippen molar-refractivity contribution < 1.29 is 4.79 Å². The van der Waals surface area contributed by atoms with Crippen LogP contribution < -0.4 is 4.90 Å². The number of hydrogen-bond acceptors (Lipinski definition) is 3. The molecule has 0 saturated heterocycles. The molecule has 0 spiro atoms. The van der Waals surface area contributed by atoms with E-state index in [1.807, 2.05) is 56.3 Å². The zero-order chi connectivity index (χ0) is 18.0. The number of nitrogens with zero attached hydrogens (tertiary/aromatic N) is 2. The van der Waals surface area contributed by atoms with Crippen LogP contribution in [0.4, 0.5) is 5.69 Å². The number of carbonyl (C=O) groups is 1. The third-order valence-corrected chi connectivity index (χ3v) is 5.62. The van der Waals surface area contributed by atoms with Crippen LogP contribution in [0, 0.1) is 13.8 Å². The number of carbonyl (C=O) groups excluding carboxylic acids is 1. The predicted molar refractivity (Wildman–Crippen MR) is 108 cm³/mol. The highest BCUT2D eigenvalue weighted by atomic mass is 79.9. The van der Waals surface area contributed by atoms with Crippen LogP contribution in [0.25, 0.3) is 0 Å². The van der Waals surface area contributed by atoms with Crippen molar-refractivity contribution >= 4 is 50.5 Å². The predicted octanol–water partition coefficient (Wildman–Crippen LogP) is 6.02. The zero-order valence-electron chi connectivity index (χ0n) is 13.8. The minimum absolute atomic E-state index is 0.111. The van der Waals surface area contributed by atoms with E-state index in [1.54, 1.807) is 11.1 Å². The van der Waals surface area contributed by atoms with Gasteiger partial charge in [0.2, 0.25) is 0 Å². The fourth-order valence-corrected chi connectivity index (χ4v) is 4.12. The Morgan fingerprint density at radius 2 is 1.92 bits per heavy atom. The van der Waals surface area contributed by atoms with Gasteiger partial charge in [0, 0.05) is 0 Å². The number of rotatable bonds is 4. The van der Waals surface area contributed by atoms with Gasteiger partial charge in [0.15, 0.2) is 3.92 Å². The number of aromatic nitrogens is 1. The lowest BCUT2D eigenvalue weighted by molar-refractivity contribution is 0.0988. The Hall–Kier alpha value is -1.69. The van der Waals surface area contributed by atoms with Crippen molar-refractivity contribution in [2.75, 3.05) is 4.90 Å². The van der Waals surface area contributed by atoms with E-state index in [4.69, 9.17) is 11.6 Å². The molecule has 1 heterocycles. The van der Waals surface area contributed by atoms with Crippen LogP contribution in [0.3, 0.4) is 0 Å². The Balaban J connectivity index is 2.04. The second-order valence-corrected chi connectivity index (χ2v) is 8.47. The normalized spacial score (nSPS) is 10.7. The summed E-state index contributed by atoms with van der Waals surface area (Å²) < 4.78 is 0.682. The first-order valence-electron chi connectivity index (χ1n) is 7.69. The van der Waals surface area contributed by atoms with Gasteiger partial charge in [-0.25, -0.2) is 4.98 Å². The summed E-state index contributed by atoms with van der Waals surface area (Å²) in [4.78, 5) is 19.6. The van der Waals surface area contributed by atoms with Crippen molar-refractivity contribution in [1.29, 1.82) is 0 Å². The lowest BCUT2D eigenvalue weighted by Crippen LogP contribution is -2.30. The molecule has 0 N–H and O–H groups in total. The summed E-state index contributed by atoms with van der Waals surface area (Å²) in [6.45, 7) is 4.44. The van der Waals surface area contributed by atoms with Crippen LogP contribution in [-0.2, 0) is 6.54 Å². The van der Waals surface area contributed by atoms with E-state index in [0.29, 0.717) is 20.4 Å². The molecule has 0 atom stereocenters. The summed E-state index contributed by atoms with van der Waals surface area (Å²) in [7, 11) is 0. The number of thiazole rings is 1. The minimum atomic E-state index is -0.111. The summed E-state index contributed by atoms with van der Waals surface area (Å²) in [5, 5.41) is 0.559. The van der Waals surface area contributed by atoms with E-state index in [1.165, 1.54) is 16.9 Å². The maximum Gasteiger partial charge on any atom is 0.270 e. The van der Waals surface area contributed by atoms with E-state index in [9.17, 15) is 4.79 Å². The number of amides is 1. The number of benzene rings is 2. The first kappa shape index (κ1) is 18.1. The SMILES string of the molecule is Cc1ccc(CN(C(=O)c2cnc(Br)s2)c2c(C)cccc2Cl)cc1. The molecule has 0 bridgehead atoms. The average Bonchev–Trinajstić information content (AvgIpc) is 3.01. The summed E-state index contributed by atoms with van der Waals surface area (Å²) in [6, 6.07) is 13.8. The standard InChI is InChI=1S/C19H16BrClN2OS/c1-12-6-8-14(9-7-12)11-23(17-13(2)4-3-5-15(17)21)18(24)16-10-22-19(20)25-16/h3-10H,11H2,1-2H3. The fourth-order valence-electron chi connectivity index (χ4n) is 2.58. The fraction of sp³-hybridized carbons (Fsp3) is 0.158. The van der Waals surface area contributed by atoms with E-state index in [0.717, 1.165) is 16.8 Å². The van der Waals surface area contributed by atoms with Gasteiger partial charge >= 0.3 is 0 Å². The van der Waals surface area contributed by atoms with Gasteiger partial charge in [0.25, 0.3) is 5.91 Å². The molecular formula is C19H16BrClN2OS. The zero-order valence-corrected chi connectivity index (χ0v) is 17.0. The van der Waals surface area contributed by atoms with E-state index < -0.39 is 0 Å². The minimum Gasteiger partial charge on any atom is -0.301 e. The third-order valence-electron chi connectivity index (χ3n) is 3.85. The molecule has 2 aromatic carbocycles. The highest BCUT2D eigenvalue weighted by Gasteiger charge is 2.23. The van der Waals surface area contributed by atoms with Gasteiger partial charge in [-0.05, 0) is 47.0 Å². The van der Waals surface area contributed by atoms with Gasteiger partial charge in [-0.3, -0.25) is 4.79 Å². The molecule has 0 saturated carbocycles. The molecular weight excluding hydrogens is 420 g/mol. The summed E-state index contributed by atoms with van der Waals surface area (Å²) in [5.41, 5.74) is 3.92. The van der Waals surface area contributed by atoms with Crippen molar-refractivity contribution in [3.8, 4) is 0 Å². The summed E-state index contributed by atoms with van der Waals surface area (Å²) in [5.74, 6) is -0.111. The summed E-state index contributed by atoms with van der Waals surface area (Å²) >= 11 is 11.1. The lowest BCUT2D eigenvalue weighted by Gasteiger charge is -2.25. The van der Waals surface area contributed by atoms with E-state index >= 15 is 0 Å². The topological polar surface area (TPSA) is 33.2 Å². The molecule has 0 unspecified atom stereocenters. The van der Waals surface area contributed by atoms with Crippen molar-refractivity contribution in [2.24, 2.45) is 0 Å². The quantitative estimate of drug-likeness (QED) is 0.502. The van der Waals surface area contributed by atoms with Gasteiger partial charge in [-0.1, -0.05) is 53.6 Å². The van der Waals surface area contributed by atoms with Crippen LogP contribution in [0.15, 0.2) is 52.6 Å². The second kappa shape index (κ2) is 7.68. The monoisotopic (exact) mass is 434 g/mol. The molecule has 128 valence electrons. The molecule has 0 radical (unpaired) electrons. The molecule has 3 nitrogen and oxygen atoms in total. The molecule has 1 aromatic heterocycles. The van der Waals surface area contributed by atoms with Crippen LogP contribution in [0.1, 0.15) is 26.4 Å². The Morgan fingerprint density at radius 3 is 2.52 bits per heavy atom. The van der Waals surface area contributed by atoms with Crippen molar-refractivity contribution in [3.05, 3.63) is 79.2 Å². The molecule has 3 rings (SSSR count). The lowest BCUT2D eigenvalue weighted by atomic mass is 10.1. The Kier molecular flexibility index (Phi) is 5.57. The Bertz CT molecular complexity index is 888. The van der Waals surface area contributed by atoms with Crippen molar-refractivity contribution in [3.63, 3.8) is 0 Å². The van der Waals surface area contributed by atoms with Crippen LogP contribution >= 0.6 is 38.9 Å². The van der Waals surface area contributed by atoms with Crippen molar-refractivity contribution in [2.45, 2.75) is 20.4 Å². The third kappa shape index (κ3) is 4.11. The molecule has 0 fully saturated rings. The molecule has 1 amide bonds. The van der Waals surface area contributed by atoms with Crippen molar-refractivity contribution in [1.82, 2.24) is 4.98 Å². The Morgan fingerprint density at radius 1 is 1.20 bits per heavy atom. The highest BCUT2D eigenvalue weighted by molar-refractivity contribution is 9.11. The summed E-state index contributed by atoms with van der Waals surface area (Å²) in [6.07, 6.45) is 1.59. The maximum absolute atomic E-state index is 13.2. The maximum atomic E-state index is 13.2. The van der Waals surface area contributed by atoms with Gasteiger partial charge in [-0.15, -0.1) is 11.3 Å². The van der Waals surface area contributed by atoms with Crippen LogP contribution in [-0.4, -0.2) is 10.9 Å². The average molecular weight is 436 g/mol. The smallest absolute Gasteiger partial charge is 0.270 e. The number of hydrogen-bond donors (Lipinski definition) is 0. The molecule has 3 aromatic rings.